The summed E-state index contributed by atoms with van der Waals surface area (Å²) < 4.78 is 43.2. The first-order chi connectivity index (χ1) is 31.3. The summed E-state index contributed by atoms with van der Waals surface area (Å²) in [6, 6.07) is 11.5. The van der Waals surface area contributed by atoms with Crippen molar-refractivity contribution in [2.24, 2.45) is 0 Å². The van der Waals surface area contributed by atoms with Crippen molar-refractivity contribution >= 4 is 42.0 Å². The average Bonchev–Trinajstić information content (AvgIpc) is 3.25. The Morgan fingerprint density at radius 2 is 1.29 bits per heavy atom. The number of phenols is 4. The summed E-state index contributed by atoms with van der Waals surface area (Å²) in [6.07, 6.45) is -19.0. The van der Waals surface area contributed by atoms with Crippen LogP contribution in [0.3, 0.4) is 0 Å². The van der Waals surface area contributed by atoms with E-state index in [1.54, 1.807) is 0 Å². The summed E-state index contributed by atoms with van der Waals surface area (Å²) in [5.41, 5.74) is 0.581. The molecule has 0 saturated carbocycles. The van der Waals surface area contributed by atoms with Crippen LogP contribution in [0, 0.1) is 0 Å². The van der Waals surface area contributed by atoms with Crippen LogP contribution in [0.4, 0.5) is 0 Å². The molecule has 0 radical (unpaired) electrons. The number of carbonyl (C=O) groups is 5. The average molecular weight is 932 g/mol. The molecule has 1 unspecified atom stereocenters. The van der Waals surface area contributed by atoms with Crippen LogP contribution < -0.4 is 4.74 Å². The van der Waals surface area contributed by atoms with E-state index < -0.39 is 141 Å². The van der Waals surface area contributed by atoms with Crippen molar-refractivity contribution in [1.82, 2.24) is 0 Å². The van der Waals surface area contributed by atoms with E-state index in [-0.39, 0.29) is 34.1 Å². The van der Waals surface area contributed by atoms with Gasteiger partial charge < -0.3 is 94.1 Å². The summed E-state index contributed by atoms with van der Waals surface area (Å²) in [6.45, 7) is -1.59. The number of benzene rings is 3. The number of ether oxygens (including phenoxy) is 8. The predicted molar refractivity (Wildman–Crippen MR) is 213 cm³/mol. The largest absolute Gasteiger partial charge is 0.571 e. The van der Waals surface area contributed by atoms with Crippen LogP contribution in [0.5, 0.6) is 34.5 Å². The number of aromatic hydroxyl groups is 5. The van der Waals surface area contributed by atoms with Crippen LogP contribution >= 0.6 is 0 Å². The lowest BCUT2D eigenvalue weighted by Crippen LogP contribution is -2.61. The van der Waals surface area contributed by atoms with E-state index in [4.69, 9.17) is 43.4 Å². The molecule has 2 fully saturated rings. The number of esters is 3. The Kier molecular flexibility index (Phi) is 15.2. The monoisotopic (exact) mass is 931 g/mol. The molecule has 24 nitrogen and oxygen atoms in total. The molecule has 3 aliphatic heterocycles. The number of aliphatic carboxylic acids is 2. The lowest BCUT2D eigenvalue weighted by molar-refractivity contribution is -0.296. The Bertz CT molecular complexity index is 2340. The molecule has 0 bridgehead atoms. The number of hydrogen-bond donors (Lipinski definition) is 11. The summed E-state index contributed by atoms with van der Waals surface area (Å²) in [4.78, 5) is 59.1. The quantitative estimate of drug-likeness (QED) is 0.0208. The number of aliphatic hydroxyl groups excluding tert-OH is 5. The second kappa shape index (κ2) is 20.8. The van der Waals surface area contributed by atoms with Crippen LogP contribution in [0.25, 0.3) is 12.2 Å². The summed E-state index contributed by atoms with van der Waals surface area (Å²) in [5.74, 6) is -9.13. The van der Waals surface area contributed by atoms with Crippen molar-refractivity contribution in [2.75, 3.05) is 13.2 Å². The molecular formula is C42H43O24+. The third-order valence-corrected chi connectivity index (χ3v) is 10.0. The Balaban J connectivity index is 1.29. The van der Waals surface area contributed by atoms with Crippen molar-refractivity contribution in [3.8, 4) is 34.5 Å². The number of hydrogen-bond acceptors (Lipinski definition) is 21. The summed E-state index contributed by atoms with van der Waals surface area (Å²) in [7, 11) is 0. The normalized spacial score (nSPS) is 27.0. The van der Waals surface area contributed by atoms with Crippen LogP contribution in [-0.2, 0) is 52.4 Å². The second-order valence-electron chi connectivity index (χ2n) is 14.8. The number of rotatable bonds is 16. The maximum atomic E-state index is 12.5. The van der Waals surface area contributed by atoms with Gasteiger partial charge in [0.1, 0.15) is 91.6 Å². The van der Waals surface area contributed by atoms with E-state index in [2.05, 4.69) is 4.74 Å². The zero-order valence-electron chi connectivity index (χ0n) is 33.9. The number of aliphatic hydroxyl groups is 6. The lowest BCUT2D eigenvalue weighted by Gasteiger charge is -2.41. The number of fused-ring (bicyclic) bond motifs is 1. The Hall–Kier alpha value is -7.19. The molecule has 0 spiro atoms. The van der Waals surface area contributed by atoms with Gasteiger partial charge in [-0.3, -0.25) is 19.2 Å². The molecule has 3 aliphatic rings. The van der Waals surface area contributed by atoms with Crippen LogP contribution in [-0.4, -0.2) is 165 Å². The van der Waals surface area contributed by atoms with Gasteiger partial charge in [-0.25, -0.2) is 4.79 Å². The molecule has 12 N–H and O–H groups in total. The molecule has 3 aromatic rings. The first kappa shape index (κ1) is 48.3. The SMILES string of the molecule is O=C(O)CC(=O)OC[C@@H]1O[C@@H](Oc2cc(O)cc3c2C=C(O[C@@H]2O[C@H](COC(=O)/C=C/c4ccc(O)cc4)[C@@H](O)[C@H](O)[C@H]2O)C(c2ccc(O)c(O)c2)[OH+]3)[C@H](O)[C@@H](O)[C@@H]1OC(=O)CC(=O)O. The molecule has 354 valence electrons. The van der Waals surface area contributed by atoms with Crippen molar-refractivity contribution < 1.29 is 118 Å². The molecule has 66 heavy (non-hydrogen) atoms. The van der Waals surface area contributed by atoms with E-state index in [1.165, 1.54) is 42.5 Å². The standard InChI is InChI=1S/C42H42O24/c43-19-5-1-17(2-6-19)3-8-31(51)59-15-27-34(54)35(55)37(57)41(64-27)63-26-12-21-24(61-39(26)18-4-7-22(45)23(46)9-18)10-20(44)11-25(21)62-42-38(58)36(56)40(66-33(53)14-30(49)50)28(65-42)16-60-32(52)13-29(47)48/h1-12,27-28,34-46,54-58H,13-16H2,(H,47,48)(H,49,50)/p+1/b8-3+/t27-,28+,34-,35+,36-,37-,38-,39?,40-,41-,42-/m1/s1. The van der Waals surface area contributed by atoms with E-state index >= 15 is 0 Å². The minimum absolute atomic E-state index is 0.0000500. The minimum Gasteiger partial charge on any atom is -0.571 e. The van der Waals surface area contributed by atoms with Gasteiger partial charge in [0.15, 0.2) is 23.4 Å². The maximum absolute atomic E-state index is 12.5. The van der Waals surface area contributed by atoms with Gasteiger partial charge in [-0.2, -0.15) is 0 Å². The summed E-state index contributed by atoms with van der Waals surface area (Å²) >= 11 is 0. The summed E-state index contributed by atoms with van der Waals surface area (Å²) in [5, 5.41) is 114. The Morgan fingerprint density at radius 1 is 0.652 bits per heavy atom. The number of carboxylic acids is 2. The first-order valence-corrected chi connectivity index (χ1v) is 19.6. The van der Waals surface area contributed by atoms with Crippen LogP contribution in [0.2, 0.25) is 0 Å². The molecule has 3 heterocycles. The molecule has 0 amide bonds. The smallest absolute Gasteiger partial charge is 0.330 e. The van der Waals surface area contributed by atoms with Gasteiger partial charge in [0.05, 0.1) is 11.6 Å². The van der Waals surface area contributed by atoms with E-state index in [9.17, 15) is 69.9 Å². The molecule has 0 aliphatic carbocycles. The van der Waals surface area contributed by atoms with Gasteiger partial charge in [-0.1, -0.05) is 12.1 Å². The highest BCUT2D eigenvalue weighted by atomic mass is 16.7. The fourth-order valence-corrected chi connectivity index (χ4v) is 6.74. The van der Waals surface area contributed by atoms with Gasteiger partial charge in [0.25, 0.3) is 11.9 Å². The zero-order chi connectivity index (χ0) is 48.0. The Labute approximate surface area is 370 Å². The van der Waals surface area contributed by atoms with Gasteiger partial charge in [-0.15, -0.1) is 0 Å². The molecular weight excluding hydrogens is 888 g/mol. The lowest BCUT2D eigenvalue weighted by atomic mass is 9.98. The number of carbonyl (C=O) groups excluding carboxylic acids is 3. The maximum Gasteiger partial charge on any atom is 0.330 e. The highest BCUT2D eigenvalue weighted by Crippen LogP contribution is 2.47. The van der Waals surface area contributed by atoms with Crippen molar-refractivity contribution in [3.05, 3.63) is 83.1 Å². The van der Waals surface area contributed by atoms with Crippen molar-refractivity contribution in [3.63, 3.8) is 0 Å². The van der Waals surface area contributed by atoms with E-state index in [0.717, 1.165) is 30.3 Å². The van der Waals surface area contributed by atoms with E-state index in [1.807, 2.05) is 0 Å². The molecule has 0 aromatic heterocycles. The van der Waals surface area contributed by atoms with E-state index in [0.29, 0.717) is 5.56 Å². The second-order valence-corrected chi connectivity index (χ2v) is 14.8. The molecule has 6 rings (SSSR count). The van der Waals surface area contributed by atoms with Crippen LogP contribution in [0.1, 0.15) is 35.6 Å². The van der Waals surface area contributed by atoms with Gasteiger partial charge in [0, 0.05) is 18.2 Å². The van der Waals surface area contributed by atoms with Crippen molar-refractivity contribution in [2.45, 2.75) is 80.4 Å². The van der Waals surface area contributed by atoms with Gasteiger partial charge >= 0.3 is 29.8 Å². The highest BCUT2D eigenvalue weighted by molar-refractivity contribution is 5.90. The number of carboxylic acid groups (broad SMARTS) is 2. The zero-order valence-corrected chi connectivity index (χ0v) is 33.9. The van der Waals surface area contributed by atoms with Gasteiger partial charge in [0.2, 0.25) is 12.6 Å². The van der Waals surface area contributed by atoms with Crippen molar-refractivity contribution in [1.29, 1.82) is 0 Å². The molecule has 24 heteroatoms. The first-order valence-electron chi connectivity index (χ1n) is 19.6. The molecule has 3 aromatic carbocycles. The predicted octanol–water partition coefficient (Wildman–Crippen LogP) is -0.843. The topological polar surface area (TPSA) is 385 Å². The minimum atomic E-state index is -2.14. The third kappa shape index (κ3) is 11.7. The molecule has 11 atom stereocenters. The highest BCUT2D eigenvalue weighted by Gasteiger charge is 2.50. The Morgan fingerprint density at radius 3 is 1.97 bits per heavy atom. The fourth-order valence-electron chi connectivity index (χ4n) is 6.74. The number of phenolic OH excluding ortho intramolecular Hbond substituents is 4. The fraction of sp³-hybridized carbons (Fsp3) is 0.357. The van der Waals surface area contributed by atoms with Gasteiger partial charge in [-0.05, 0) is 42.0 Å². The third-order valence-electron chi connectivity index (χ3n) is 10.0. The van der Waals surface area contributed by atoms with Crippen LogP contribution in [0.15, 0.2) is 66.4 Å². The molecule has 2 saturated heterocycles.